The van der Waals surface area contributed by atoms with Gasteiger partial charge in [-0.05, 0) is 5.92 Å². The zero-order valence-corrected chi connectivity index (χ0v) is 15.7. The summed E-state index contributed by atoms with van der Waals surface area (Å²) in [5.74, 6) is 0.0466. The van der Waals surface area contributed by atoms with Crippen molar-refractivity contribution in [3.63, 3.8) is 0 Å². The Kier molecular flexibility index (Phi) is 7.36. The Hall–Kier alpha value is -2.66. The summed E-state index contributed by atoms with van der Waals surface area (Å²) in [6, 6.07) is 19.8. The summed E-state index contributed by atoms with van der Waals surface area (Å²) in [7, 11) is 1.97. The average Bonchev–Trinajstić information content (AvgIpc) is 2.62. The standard InChI is InChI=1S/C21H27N3O2/c1-16(2)14-22-21(26)23-19(25)15-24(3)20(17-10-6-4-7-11-17)18-12-8-5-9-13-18/h4-13,16,20H,14-15H2,1-3H3,(H2,22,23,25,26)/p+1. The molecule has 0 aliphatic heterocycles. The molecule has 2 rings (SSSR count). The lowest BCUT2D eigenvalue weighted by atomic mass is 9.97. The van der Waals surface area contributed by atoms with Crippen molar-refractivity contribution >= 4 is 11.9 Å². The number of carbonyl (C=O) groups is 2. The van der Waals surface area contributed by atoms with Crippen molar-refractivity contribution < 1.29 is 14.5 Å². The molecule has 0 spiro atoms. The van der Waals surface area contributed by atoms with E-state index in [2.05, 4.69) is 34.9 Å². The van der Waals surface area contributed by atoms with E-state index in [1.54, 1.807) is 0 Å². The largest absolute Gasteiger partial charge is 0.338 e. The minimum absolute atomic E-state index is 0.0156. The van der Waals surface area contributed by atoms with Crippen molar-refractivity contribution in [2.45, 2.75) is 19.9 Å². The first-order valence-corrected chi connectivity index (χ1v) is 8.97. The number of benzene rings is 2. The first-order valence-electron chi connectivity index (χ1n) is 8.97. The van der Waals surface area contributed by atoms with Crippen molar-refractivity contribution in [1.82, 2.24) is 10.6 Å². The van der Waals surface area contributed by atoms with Gasteiger partial charge in [-0.2, -0.15) is 0 Å². The van der Waals surface area contributed by atoms with Gasteiger partial charge in [-0.3, -0.25) is 10.1 Å². The predicted octanol–water partition coefficient (Wildman–Crippen LogP) is 1.77. The lowest BCUT2D eigenvalue weighted by molar-refractivity contribution is -0.898. The molecule has 0 aliphatic carbocycles. The van der Waals surface area contributed by atoms with Gasteiger partial charge < -0.3 is 10.2 Å². The predicted molar refractivity (Wildman–Crippen MR) is 103 cm³/mol. The van der Waals surface area contributed by atoms with Crippen LogP contribution in [-0.2, 0) is 4.79 Å². The highest BCUT2D eigenvalue weighted by molar-refractivity contribution is 5.94. The Balaban J connectivity index is 2.06. The van der Waals surface area contributed by atoms with Gasteiger partial charge in [0.2, 0.25) is 0 Å². The molecule has 0 aromatic heterocycles. The maximum absolute atomic E-state index is 12.3. The molecule has 0 radical (unpaired) electrons. The summed E-state index contributed by atoms with van der Waals surface area (Å²) < 4.78 is 0. The lowest BCUT2D eigenvalue weighted by Gasteiger charge is -2.25. The molecular weight excluding hydrogens is 326 g/mol. The van der Waals surface area contributed by atoms with Crippen LogP contribution in [0.5, 0.6) is 0 Å². The van der Waals surface area contributed by atoms with Crippen LogP contribution in [0.25, 0.3) is 0 Å². The molecule has 1 unspecified atom stereocenters. The third-order valence-corrected chi connectivity index (χ3v) is 4.12. The van der Waals surface area contributed by atoms with Gasteiger partial charge in [-0.1, -0.05) is 74.5 Å². The van der Waals surface area contributed by atoms with E-state index in [4.69, 9.17) is 0 Å². The molecule has 5 nitrogen and oxygen atoms in total. The Bertz CT molecular complexity index is 662. The number of hydrogen-bond acceptors (Lipinski definition) is 2. The SMILES string of the molecule is CC(C)CNC(=O)NC(=O)C[NH+](C)C(c1ccccc1)c1ccccc1. The topological polar surface area (TPSA) is 62.6 Å². The smallest absolute Gasteiger partial charge is 0.321 e. The molecule has 3 amide bonds. The molecule has 0 fully saturated rings. The van der Waals surface area contributed by atoms with Crippen LogP contribution < -0.4 is 15.5 Å². The molecule has 0 aliphatic rings. The highest BCUT2D eigenvalue weighted by Gasteiger charge is 2.25. The molecule has 2 aromatic carbocycles. The van der Waals surface area contributed by atoms with Crippen LogP contribution >= 0.6 is 0 Å². The van der Waals surface area contributed by atoms with Crippen LogP contribution in [0, 0.1) is 5.92 Å². The van der Waals surface area contributed by atoms with E-state index in [1.165, 1.54) is 0 Å². The summed E-state index contributed by atoms with van der Waals surface area (Å²) in [5.41, 5.74) is 2.27. The van der Waals surface area contributed by atoms with Gasteiger partial charge in [0.15, 0.2) is 6.54 Å². The zero-order valence-electron chi connectivity index (χ0n) is 15.7. The van der Waals surface area contributed by atoms with Gasteiger partial charge in [-0.15, -0.1) is 0 Å². The Morgan fingerprint density at radius 1 is 0.923 bits per heavy atom. The zero-order chi connectivity index (χ0) is 18.9. The van der Waals surface area contributed by atoms with E-state index in [0.29, 0.717) is 12.5 Å². The van der Waals surface area contributed by atoms with Crippen LogP contribution in [0.3, 0.4) is 0 Å². The van der Waals surface area contributed by atoms with Gasteiger partial charge >= 0.3 is 6.03 Å². The summed E-state index contributed by atoms with van der Waals surface area (Å²) in [6.07, 6.45) is 0. The van der Waals surface area contributed by atoms with Gasteiger partial charge in [-0.25, -0.2) is 4.79 Å². The van der Waals surface area contributed by atoms with Crippen LogP contribution in [0.4, 0.5) is 4.79 Å². The van der Waals surface area contributed by atoms with Crippen molar-refractivity contribution in [2.24, 2.45) is 5.92 Å². The van der Waals surface area contributed by atoms with Crippen LogP contribution in [-0.4, -0.2) is 32.1 Å². The van der Waals surface area contributed by atoms with Gasteiger partial charge in [0.05, 0.1) is 7.05 Å². The third kappa shape index (κ3) is 6.01. The second-order valence-electron chi connectivity index (χ2n) is 6.93. The molecule has 2 aromatic rings. The maximum Gasteiger partial charge on any atom is 0.321 e. The fraction of sp³-hybridized carbons (Fsp3) is 0.333. The number of urea groups is 1. The van der Waals surface area contributed by atoms with Crippen LogP contribution in [0.1, 0.15) is 31.0 Å². The summed E-state index contributed by atoms with van der Waals surface area (Å²) in [5, 5.41) is 5.11. The lowest BCUT2D eigenvalue weighted by Crippen LogP contribution is -3.10. The first-order chi connectivity index (χ1) is 12.5. The van der Waals surface area contributed by atoms with E-state index >= 15 is 0 Å². The summed E-state index contributed by atoms with van der Waals surface area (Å²) in [6.45, 7) is 4.75. The molecule has 0 bridgehead atoms. The minimum atomic E-state index is -0.438. The van der Waals surface area contributed by atoms with Gasteiger partial charge in [0.1, 0.15) is 6.04 Å². The molecule has 3 N–H and O–H groups in total. The van der Waals surface area contributed by atoms with E-state index in [1.807, 2.05) is 57.3 Å². The van der Waals surface area contributed by atoms with E-state index < -0.39 is 6.03 Å². The Labute approximate surface area is 155 Å². The van der Waals surface area contributed by atoms with Crippen molar-refractivity contribution in [3.05, 3.63) is 71.8 Å². The number of quaternary nitrogens is 1. The molecule has 0 saturated heterocycles. The van der Waals surface area contributed by atoms with Gasteiger partial charge in [0.25, 0.3) is 5.91 Å². The van der Waals surface area contributed by atoms with E-state index in [-0.39, 0.29) is 18.5 Å². The highest BCUT2D eigenvalue weighted by Crippen LogP contribution is 2.18. The normalized spacial score (nSPS) is 12.0. The molecule has 5 heteroatoms. The molecule has 138 valence electrons. The van der Waals surface area contributed by atoms with Crippen molar-refractivity contribution in [3.8, 4) is 0 Å². The van der Waals surface area contributed by atoms with Gasteiger partial charge in [0, 0.05) is 17.7 Å². The average molecular weight is 354 g/mol. The second-order valence-corrected chi connectivity index (χ2v) is 6.93. The van der Waals surface area contributed by atoms with Crippen LogP contribution in [0.15, 0.2) is 60.7 Å². The molecular formula is C21H28N3O2+. The highest BCUT2D eigenvalue weighted by atomic mass is 16.2. The maximum atomic E-state index is 12.3. The molecule has 26 heavy (non-hydrogen) atoms. The first kappa shape index (κ1) is 19.7. The molecule has 0 heterocycles. The number of imide groups is 1. The molecule has 1 atom stereocenters. The summed E-state index contributed by atoms with van der Waals surface area (Å²) >= 11 is 0. The van der Waals surface area contributed by atoms with Crippen molar-refractivity contribution in [2.75, 3.05) is 20.1 Å². The minimum Gasteiger partial charge on any atom is -0.338 e. The number of likely N-dealkylation sites (N-methyl/N-ethyl adjacent to an activating group) is 1. The number of nitrogens with one attached hydrogen (secondary N) is 3. The fourth-order valence-corrected chi connectivity index (χ4v) is 2.92. The number of hydrogen-bond donors (Lipinski definition) is 3. The summed E-state index contributed by atoms with van der Waals surface area (Å²) in [4.78, 5) is 25.1. The van der Waals surface area contributed by atoms with E-state index in [9.17, 15) is 9.59 Å². The quantitative estimate of drug-likeness (QED) is 0.710. The second kappa shape index (κ2) is 9.73. The Morgan fingerprint density at radius 2 is 1.42 bits per heavy atom. The fourth-order valence-electron chi connectivity index (χ4n) is 2.92. The third-order valence-electron chi connectivity index (χ3n) is 4.12. The monoisotopic (exact) mass is 354 g/mol. The van der Waals surface area contributed by atoms with E-state index in [0.717, 1.165) is 16.0 Å². The number of carbonyl (C=O) groups excluding carboxylic acids is 2. The Morgan fingerprint density at radius 3 is 1.88 bits per heavy atom. The molecule has 0 saturated carbocycles. The number of amides is 3. The number of rotatable bonds is 7. The van der Waals surface area contributed by atoms with Crippen LogP contribution in [0.2, 0.25) is 0 Å². The van der Waals surface area contributed by atoms with Crippen molar-refractivity contribution in [1.29, 1.82) is 0 Å².